The third-order valence-corrected chi connectivity index (χ3v) is 9.00. The SMILES string of the molecule is CCO[Si](OCC)(OCC)C1CCN1C(=O)SC1=NCCS1. The highest BCUT2D eigenvalue weighted by Crippen LogP contribution is 2.34. The van der Waals surface area contributed by atoms with Crippen LogP contribution in [0.5, 0.6) is 0 Å². The lowest BCUT2D eigenvalue weighted by Crippen LogP contribution is -2.69. The Morgan fingerprint density at radius 3 is 2.36 bits per heavy atom. The van der Waals surface area contributed by atoms with Gasteiger partial charge in [0, 0.05) is 32.1 Å². The van der Waals surface area contributed by atoms with Crippen molar-refractivity contribution < 1.29 is 18.1 Å². The first-order valence-electron chi connectivity index (χ1n) is 7.74. The van der Waals surface area contributed by atoms with Crippen LogP contribution in [0.15, 0.2) is 4.99 Å². The van der Waals surface area contributed by atoms with Gasteiger partial charge in [-0.15, -0.1) is 0 Å². The molecule has 0 spiro atoms. The molecular weight excluding hydrogens is 340 g/mol. The minimum atomic E-state index is -2.85. The molecule has 2 rings (SSSR count). The highest BCUT2D eigenvalue weighted by atomic mass is 32.2. The van der Waals surface area contributed by atoms with Gasteiger partial charge in [0.2, 0.25) is 0 Å². The normalized spacial score (nSPS) is 21.7. The zero-order valence-electron chi connectivity index (χ0n) is 13.4. The Balaban J connectivity index is 2.05. The number of thioether (sulfide) groups is 2. The number of aliphatic imine (C=N–C) groups is 1. The van der Waals surface area contributed by atoms with Crippen LogP contribution in [0.2, 0.25) is 0 Å². The van der Waals surface area contributed by atoms with Gasteiger partial charge >= 0.3 is 8.80 Å². The first-order chi connectivity index (χ1) is 10.7. The Bertz CT molecular complexity index is 408. The Morgan fingerprint density at radius 2 is 1.95 bits per heavy atom. The van der Waals surface area contributed by atoms with Crippen molar-refractivity contribution >= 4 is 41.9 Å². The molecule has 1 saturated heterocycles. The van der Waals surface area contributed by atoms with Crippen molar-refractivity contribution in [3.05, 3.63) is 0 Å². The van der Waals surface area contributed by atoms with Crippen LogP contribution >= 0.6 is 23.5 Å². The Morgan fingerprint density at radius 1 is 1.32 bits per heavy atom. The van der Waals surface area contributed by atoms with Gasteiger partial charge in [0.1, 0.15) is 10.0 Å². The minimum absolute atomic E-state index is 0.0281. The van der Waals surface area contributed by atoms with Crippen LogP contribution in [0.1, 0.15) is 27.2 Å². The standard InChI is InChI=1S/C13H24N2O4S2Si/c1-4-17-22(18-5-2,19-6-3)11-7-9-15(11)13(16)21-12-14-8-10-20-12/h11H,4-10H2,1-3H3. The molecule has 9 heteroatoms. The van der Waals surface area contributed by atoms with E-state index in [0.29, 0.717) is 19.8 Å². The second-order valence-corrected chi connectivity index (χ2v) is 9.79. The summed E-state index contributed by atoms with van der Waals surface area (Å²) >= 11 is 2.87. The number of hydrogen-bond donors (Lipinski definition) is 0. The molecule has 0 radical (unpaired) electrons. The van der Waals surface area contributed by atoms with Crippen molar-refractivity contribution in [3.63, 3.8) is 0 Å². The summed E-state index contributed by atoms with van der Waals surface area (Å²) in [4.78, 5) is 18.7. The van der Waals surface area contributed by atoms with Crippen LogP contribution in [0, 0.1) is 0 Å². The molecule has 0 aromatic carbocycles. The Kier molecular flexibility index (Phi) is 7.22. The molecule has 126 valence electrons. The van der Waals surface area contributed by atoms with E-state index in [-0.39, 0.29) is 10.9 Å². The minimum Gasteiger partial charge on any atom is -0.373 e. The average molecular weight is 365 g/mol. The zero-order valence-corrected chi connectivity index (χ0v) is 16.0. The molecule has 0 N–H and O–H groups in total. The Hall–Kier alpha value is -0.0631. The van der Waals surface area contributed by atoms with Crippen molar-refractivity contribution in [2.24, 2.45) is 4.99 Å². The lowest BCUT2D eigenvalue weighted by Gasteiger charge is -2.47. The van der Waals surface area contributed by atoms with Crippen LogP contribution in [0.25, 0.3) is 0 Å². The third-order valence-electron chi connectivity index (χ3n) is 3.43. The summed E-state index contributed by atoms with van der Waals surface area (Å²) in [5.41, 5.74) is -0.0700. The molecule has 0 aromatic rings. The maximum Gasteiger partial charge on any atom is 0.524 e. The van der Waals surface area contributed by atoms with Gasteiger partial charge in [0.25, 0.3) is 5.24 Å². The van der Waals surface area contributed by atoms with E-state index >= 15 is 0 Å². The van der Waals surface area contributed by atoms with E-state index in [1.807, 2.05) is 25.7 Å². The van der Waals surface area contributed by atoms with Crippen LogP contribution in [0.3, 0.4) is 0 Å². The molecule has 22 heavy (non-hydrogen) atoms. The molecule has 1 amide bonds. The molecular formula is C13H24N2O4S2Si. The van der Waals surface area contributed by atoms with Gasteiger partial charge in [-0.2, -0.15) is 0 Å². The molecule has 1 unspecified atom stereocenters. The third kappa shape index (κ3) is 4.07. The fourth-order valence-corrected chi connectivity index (χ4v) is 7.62. The van der Waals surface area contributed by atoms with Gasteiger partial charge in [-0.3, -0.25) is 9.79 Å². The Labute approximate surface area is 141 Å². The predicted molar refractivity (Wildman–Crippen MR) is 93.5 cm³/mol. The predicted octanol–water partition coefficient (Wildman–Crippen LogP) is 2.60. The first kappa shape index (κ1) is 18.3. The van der Waals surface area contributed by atoms with Gasteiger partial charge in [-0.25, -0.2) is 0 Å². The number of hydrogen-bond acceptors (Lipinski definition) is 7. The zero-order chi connectivity index (χ0) is 16.0. The van der Waals surface area contributed by atoms with Crippen LogP contribution in [0.4, 0.5) is 4.79 Å². The molecule has 0 aliphatic carbocycles. The van der Waals surface area contributed by atoms with E-state index < -0.39 is 8.80 Å². The first-order valence-corrected chi connectivity index (χ1v) is 11.3. The maximum atomic E-state index is 12.5. The fraction of sp³-hybridized carbons (Fsp3) is 0.846. The fourth-order valence-electron chi connectivity index (χ4n) is 2.50. The summed E-state index contributed by atoms with van der Waals surface area (Å²) < 4.78 is 18.6. The number of carbonyl (C=O) groups excluding carboxylic acids is 1. The van der Waals surface area contributed by atoms with E-state index in [1.54, 1.807) is 11.8 Å². The summed E-state index contributed by atoms with van der Waals surface area (Å²) in [6.45, 7) is 8.92. The van der Waals surface area contributed by atoms with Gasteiger partial charge in [0.05, 0.1) is 6.54 Å². The van der Waals surface area contributed by atoms with E-state index in [4.69, 9.17) is 13.3 Å². The number of carbonyl (C=O) groups is 1. The van der Waals surface area contributed by atoms with Crippen molar-refractivity contribution in [1.82, 2.24) is 4.90 Å². The number of likely N-dealkylation sites (tertiary alicyclic amines) is 1. The van der Waals surface area contributed by atoms with Crippen molar-refractivity contribution in [3.8, 4) is 0 Å². The average Bonchev–Trinajstić information content (AvgIpc) is 2.91. The van der Waals surface area contributed by atoms with Crippen molar-refractivity contribution in [1.29, 1.82) is 0 Å². The lowest BCUT2D eigenvalue weighted by atomic mass is 10.2. The van der Waals surface area contributed by atoms with E-state index in [0.717, 1.165) is 29.6 Å². The number of amides is 1. The van der Waals surface area contributed by atoms with Gasteiger partial charge in [-0.1, -0.05) is 11.8 Å². The molecule has 2 aliphatic heterocycles. The summed E-state index contributed by atoms with van der Waals surface area (Å²) in [6, 6.07) is 0. The summed E-state index contributed by atoms with van der Waals surface area (Å²) in [5, 5.41) is 0.0281. The van der Waals surface area contributed by atoms with E-state index in [2.05, 4.69) is 4.99 Å². The summed E-state index contributed by atoms with van der Waals surface area (Å²) in [7, 11) is -2.85. The monoisotopic (exact) mass is 364 g/mol. The molecule has 0 aromatic heterocycles. The molecule has 1 fully saturated rings. The molecule has 6 nitrogen and oxygen atoms in total. The summed E-state index contributed by atoms with van der Waals surface area (Å²) in [6.07, 6.45) is 0.873. The number of nitrogens with zero attached hydrogens (tertiary/aromatic N) is 2. The van der Waals surface area contributed by atoms with Crippen LogP contribution in [-0.4, -0.2) is 67.6 Å². The quantitative estimate of drug-likeness (QED) is 0.647. The van der Waals surface area contributed by atoms with E-state index in [1.165, 1.54) is 11.8 Å². The van der Waals surface area contributed by atoms with Gasteiger partial charge in [0.15, 0.2) is 0 Å². The molecule has 0 saturated carbocycles. The topological polar surface area (TPSA) is 60.4 Å². The van der Waals surface area contributed by atoms with Crippen molar-refractivity contribution in [2.45, 2.75) is 32.9 Å². The van der Waals surface area contributed by atoms with Gasteiger partial charge < -0.3 is 18.2 Å². The molecule has 1 atom stereocenters. The lowest BCUT2D eigenvalue weighted by molar-refractivity contribution is 0.0219. The maximum absolute atomic E-state index is 12.5. The van der Waals surface area contributed by atoms with E-state index in [9.17, 15) is 4.79 Å². The molecule has 2 heterocycles. The van der Waals surface area contributed by atoms with Crippen LogP contribution in [-0.2, 0) is 13.3 Å². The van der Waals surface area contributed by atoms with Crippen molar-refractivity contribution in [2.75, 3.05) is 38.7 Å². The number of rotatable bonds is 7. The molecule has 2 aliphatic rings. The van der Waals surface area contributed by atoms with Crippen LogP contribution < -0.4 is 0 Å². The molecule has 0 bridgehead atoms. The van der Waals surface area contributed by atoms with Gasteiger partial charge in [-0.05, 0) is 39.0 Å². The largest absolute Gasteiger partial charge is 0.524 e. The highest BCUT2D eigenvalue weighted by Gasteiger charge is 2.57. The highest BCUT2D eigenvalue weighted by molar-refractivity contribution is 8.45. The summed E-state index contributed by atoms with van der Waals surface area (Å²) in [5.74, 6) is 0.967. The second kappa shape index (κ2) is 8.70. The second-order valence-electron chi connectivity index (χ2n) is 4.76. The smallest absolute Gasteiger partial charge is 0.373 e.